The van der Waals surface area contributed by atoms with Crippen LogP contribution < -0.4 is 0 Å². The first kappa shape index (κ1) is 27.2. The Labute approximate surface area is 229 Å². The lowest BCUT2D eigenvalue weighted by atomic mass is 9.35. The van der Waals surface area contributed by atoms with E-state index in [1.807, 2.05) is 0 Å². The number of epoxide rings is 1. The van der Waals surface area contributed by atoms with Gasteiger partial charge in [-0.2, -0.15) is 0 Å². The van der Waals surface area contributed by atoms with Crippen LogP contribution in [0, 0.1) is 39.4 Å². The molecule has 5 fully saturated rings. The number of rotatable bonds is 3. The van der Waals surface area contributed by atoms with E-state index < -0.39 is 57.8 Å². The fraction of sp³-hybridized carbons (Fsp3) is 0.833. The summed E-state index contributed by atoms with van der Waals surface area (Å²) in [5.74, 6) is -1.50. The van der Waals surface area contributed by atoms with E-state index in [0.717, 1.165) is 12.8 Å². The van der Waals surface area contributed by atoms with Crippen molar-refractivity contribution in [1.82, 2.24) is 0 Å². The number of aliphatic hydroxyl groups excluding tert-OH is 2. The lowest BCUT2D eigenvalue weighted by Crippen LogP contribution is -2.73. The molecule has 2 N–H and O–H groups in total. The summed E-state index contributed by atoms with van der Waals surface area (Å²) in [6, 6.07) is 0. The molecule has 39 heavy (non-hydrogen) atoms. The van der Waals surface area contributed by atoms with Gasteiger partial charge in [0.05, 0.1) is 12.2 Å². The molecule has 2 heterocycles. The van der Waals surface area contributed by atoms with Crippen LogP contribution in [0.1, 0.15) is 80.6 Å². The number of hydrogen-bond acceptors (Lipinski definition) is 9. The van der Waals surface area contributed by atoms with Crippen molar-refractivity contribution in [3.63, 3.8) is 0 Å². The van der Waals surface area contributed by atoms with Crippen molar-refractivity contribution in [3.05, 3.63) is 11.6 Å². The second kappa shape index (κ2) is 8.07. The molecule has 0 aromatic heterocycles. The van der Waals surface area contributed by atoms with Gasteiger partial charge in [0.25, 0.3) is 0 Å². The molecule has 0 bridgehead atoms. The van der Waals surface area contributed by atoms with Gasteiger partial charge in [-0.15, -0.1) is 0 Å². The standard InChI is InChI=1S/C30H42O9/c1-14(31)36-21-13-22(37-15(2)32)28(6)18-8-9-27(5)17(16-10-24(34)38-25(16)35)11-23-30(27,39-23)29(18,7)20(33)12-19(28)26(21,3)4/h10,17-23,25,33,35H,8-9,11-13H2,1-7H3/t17-,18-,19-,20+,21+,22-,23+,25-,27-,28+,29-,30+/m0/s1. The molecule has 1 saturated heterocycles. The van der Waals surface area contributed by atoms with E-state index >= 15 is 0 Å². The topological polar surface area (TPSA) is 132 Å². The molecule has 9 nitrogen and oxygen atoms in total. The predicted octanol–water partition coefficient (Wildman–Crippen LogP) is 3.05. The van der Waals surface area contributed by atoms with Gasteiger partial charge in [0.1, 0.15) is 17.8 Å². The Morgan fingerprint density at radius 1 is 0.949 bits per heavy atom. The zero-order valence-electron chi connectivity index (χ0n) is 24.0. The third-order valence-electron chi connectivity index (χ3n) is 12.6. The summed E-state index contributed by atoms with van der Waals surface area (Å²) in [5, 5.41) is 22.7. The van der Waals surface area contributed by atoms with E-state index in [-0.39, 0.29) is 35.8 Å². The van der Waals surface area contributed by atoms with E-state index in [2.05, 4.69) is 34.6 Å². The molecule has 6 rings (SSSR count). The molecule has 12 atom stereocenters. The minimum Gasteiger partial charge on any atom is -0.462 e. The number of cyclic esters (lactones) is 1. The maximum atomic E-state index is 12.4. The van der Waals surface area contributed by atoms with Gasteiger partial charge in [0, 0.05) is 53.6 Å². The van der Waals surface area contributed by atoms with Gasteiger partial charge in [-0.25, -0.2) is 4.79 Å². The first-order valence-electron chi connectivity index (χ1n) is 14.4. The molecule has 9 heteroatoms. The summed E-state index contributed by atoms with van der Waals surface area (Å²) >= 11 is 0. The summed E-state index contributed by atoms with van der Waals surface area (Å²) in [7, 11) is 0. The van der Waals surface area contributed by atoms with E-state index in [0.29, 0.717) is 24.8 Å². The molecule has 0 aromatic carbocycles. The van der Waals surface area contributed by atoms with E-state index in [9.17, 15) is 24.6 Å². The summed E-state index contributed by atoms with van der Waals surface area (Å²) < 4.78 is 23.6. The minimum atomic E-state index is -1.25. The third-order valence-corrected chi connectivity index (χ3v) is 12.6. The van der Waals surface area contributed by atoms with Crippen LogP contribution in [0.5, 0.6) is 0 Å². The van der Waals surface area contributed by atoms with Crippen LogP contribution in [0.25, 0.3) is 0 Å². The molecular weight excluding hydrogens is 504 g/mol. The lowest BCUT2D eigenvalue weighted by Gasteiger charge is -2.70. The van der Waals surface area contributed by atoms with E-state index in [4.69, 9.17) is 18.9 Å². The molecule has 216 valence electrons. The number of carbonyl (C=O) groups excluding carboxylic acids is 3. The number of hydrogen-bond donors (Lipinski definition) is 2. The second-order valence-electron chi connectivity index (χ2n) is 14.3. The van der Waals surface area contributed by atoms with Crippen molar-refractivity contribution >= 4 is 17.9 Å². The molecule has 0 aromatic rings. The van der Waals surface area contributed by atoms with E-state index in [1.165, 1.54) is 19.9 Å². The van der Waals surface area contributed by atoms with Gasteiger partial charge in [-0.05, 0) is 43.4 Å². The number of ether oxygens (including phenoxy) is 4. The molecule has 1 spiro atoms. The Balaban J connectivity index is 1.44. The number of carbonyl (C=O) groups is 3. The maximum absolute atomic E-state index is 12.4. The molecule has 4 aliphatic carbocycles. The van der Waals surface area contributed by atoms with Crippen molar-refractivity contribution in [1.29, 1.82) is 0 Å². The molecule has 2 aliphatic heterocycles. The largest absolute Gasteiger partial charge is 0.462 e. The highest BCUT2D eigenvalue weighted by molar-refractivity contribution is 5.85. The first-order chi connectivity index (χ1) is 18.0. The average Bonchev–Trinajstić information content (AvgIpc) is 3.37. The summed E-state index contributed by atoms with van der Waals surface area (Å²) in [5.41, 5.74) is -2.09. The van der Waals surface area contributed by atoms with Crippen molar-refractivity contribution in [2.45, 2.75) is 117 Å². The number of aliphatic hydroxyl groups is 2. The van der Waals surface area contributed by atoms with Gasteiger partial charge in [0.2, 0.25) is 6.29 Å². The monoisotopic (exact) mass is 546 g/mol. The van der Waals surface area contributed by atoms with Crippen LogP contribution in [-0.2, 0) is 33.3 Å². The van der Waals surface area contributed by atoms with Crippen LogP contribution in [0.3, 0.4) is 0 Å². The van der Waals surface area contributed by atoms with Crippen LogP contribution in [0.2, 0.25) is 0 Å². The predicted molar refractivity (Wildman–Crippen MR) is 137 cm³/mol. The van der Waals surface area contributed by atoms with Gasteiger partial charge in [0.15, 0.2) is 0 Å². The van der Waals surface area contributed by atoms with Crippen molar-refractivity contribution in [3.8, 4) is 0 Å². The average molecular weight is 547 g/mol. The van der Waals surface area contributed by atoms with Crippen molar-refractivity contribution in [2.75, 3.05) is 0 Å². The Bertz CT molecular complexity index is 1160. The zero-order valence-corrected chi connectivity index (χ0v) is 24.0. The molecule has 6 aliphatic rings. The Kier molecular flexibility index (Phi) is 5.63. The smallest absolute Gasteiger partial charge is 0.333 e. The highest BCUT2D eigenvalue weighted by Gasteiger charge is 2.87. The molecule has 0 unspecified atom stereocenters. The van der Waals surface area contributed by atoms with Crippen LogP contribution in [-0.4, -0.2) is 64.4 Å². The van der Waals surface area contributed by atoms with Crippen molar-refractivity contribution < 1.29 is 43.5 Å². The fourth-order valence-electron chi connectivity index (χ4n) is 11.0. The normalized spacial score (nSPS) is 52.8. The highest BCUT2D eigenvalue weighted by atomic mass is 16.6. The summed E-state index contributed by atoms with van der Waals surface area (Å²) in [6.45, 7) is 13.5. The minimum absolute atomic E-state index is 0.0437. The van der Waals surface area contributed by atoms with Crippen LogP contribution in [0.15, 0.2) is 11.6 Å². The molecule has 4 saturated carbocycles. The number of esters is 3. The van der Waals surface area contributed by atoms with Crippen LogP contribution >= 0.6 is 0 Å². The fourth-order valence-corrected chi connectivity index (χ4v) is 11.0. The highest BCUT2D eigenvalue weighted by Crippen LogP contribution is 2.82. The SMILES string of the molecule is CC(=O)O[C@H]1C[C@@H](OC(C)=O)C(C)(C)[C@@H]2C[C@@H](O)[C@]3(C)[C@@H](CC[C@@]4(C)[C@H](C5=CC(=O)O[C@@H]5O)C[C@H]5O[C@@]534)[C@@]12C. The van der Waals surface area contributed by atoms with Crippen LogP contribution in [0.4, 0.5) is 0 Å². The lowest BCUT2D eigenvalue weighted by molar-refractivity contribution is -0.288. The van der Waals surface area contributed by atoms with Crippen molar-refractivity contribution in [2.24, 2.45) is 39.4 Å². The molecular formula is C30H42O9. The van der Waals surface area contributed by atoms with Gasteiger partial charge in [-0.3, -0.25) is 9.59 Å². The van der Waals surface area contributed by atoms with E-state index in [1.54, 1.807) is 0 Å². The Morgan fingerprint density at radius 2 is 1.59 bits per heavy atom. The van der Waals surface area contributed by atoms with Gasteiger partial charge in [-0.1, -0.05) is 34.6 Å². The quantitative estimate of drug-likeness (QED) is 0.311. The Morgan fingerprint density at radius 3 is 2.18 bits per heavy atom. The third kappa shape index (κ3) is 3.15. The zero-order chi connectivity index (χ0) is 28.5. The van der Waals surface area contributed by atoms with Gasteiger partial charge >= 0.3 is 17.9 Å². The first-order valence-corrected chi connectivity index (χ1v) is 14.4. The summed E-state index contributed by atoms with van der Waals surface area (Å²) in [4.78, 5) is 36.5. The molecule has 0 amide bonds. The Hall–Kier alpha value is -1.97. The second-order valence-corrected chi connectivity index (χ2v) is 14.3. The maximum Gasteiger partial charge on any atom is 0.333 e. The number of fused-ring (bicyclic) bond motifs is 3. The summed E-state index contributed by atoms with van der Waals surface area (Å²) in [6.07, 6.45) is 1.45. The molecule has 0 radical (unpaired) electrons. The van der Waals surface area contributed by atoms with Gasteiger partial charge < -0.3 is 29.2 Å².